The Morgan fingerprint density at radius 1 is 0.946 bits per heavy atom. The van der Waals surface area contributed by atoms with Gasteiger partial charge in [-0.15, -0.1) is 0 Å². The van der Waals surface area contributed by atoms with Crippen LogP contribution in [0, 0.1) is 0 Å². The van der Waals surface area contributed by atoms with E-state index in [-0.39, 0.29) is 11.8 Å². The number of benzene rings is 3. The molecule has 0 saturated carbocycles. The quantitative estimate of drug-likeness (QED) is 0.249. The number of rotatable bonds is 10. The van der Waals surface area contributed by atoms with Crippen LogP contribution in [0.5, 0.6) is 11.5 Å². The van der Waals surface area contributed by atoms with Gasteiger partial charge in [-0.05, 0) is 55.2 Å². The summed E-state index contributed by atoms with van der Waals surface area (Å²) in [5, 5.41) is 0. The van der Waals surface area contributed by atoms with E-state index in [4.69, 9.17) is 14.5 Å². The Hall–Kier alpha value is -3.80. The zero-order valence-corrected chi connectivity index (χ0v) is 21.9. The number of carbonyl (C=O) groups is 1. The van der Waals surface area contributed by atoms with Crippen molar-refractivity contribution in [2.24, 2.45) is 0 Å². The highest BCUT2D eigenvalue weighted by Crippen LogP contribution is 2.37. The molecule has 6 nitrogen and oxygen atoms in total. The van der Waals surface area contributed by atoms with Crippen molar-refractivity contribution < 1.29 is 14.3 Å². The molecule has 1 saturated heterocycles. The van der Waals surface area contributed by atoms with Gasteiger partial charge in [-0.2, -0.15) is 0 Å². The first-order valence-corrected chi connectivity index (χ1v) is 13.3. The lowest BCUT2D eigenvalue weighted by atomic mass is 9.98. The molecule has 1 fully saturated rings. The van der Waals surface area contributed by atoms with Crippen LogP contribution in [0.3, 0.4) is 0 Å². The molecule has 0 bridgehead atoms. The van der Waals surface area contributed by atoms with Crippen molar-refractivity contribution in [2.45, 2.75) is 52.0 Å². The lowest BCUT2D eigenvalue weighted by Crippen LogP contribution is -2.25. The molecule has 6 heteroatoms. The molecule has 0 aliphatic carbocycles. The number of carbonyl (C=O) groups excluding carboxylic acids is 1. The number of para-hydroxylation sites is 5. The zero-order chi connectivity index (χ0) is 25.8. The van der Waals surface area contributed by atoms with Gasteiger partial charge in [0.1, 0.15) is 23.9 Å². The van der Waals surface area contributed by atoms with Crippen LogP contribution in [0.4, 0.5) is 5.69 Å². The standard InChI is InChI=1S/C31H35N3O3/c1-4-22(3)24-12-6-10-16-28(24)37-19-18-33-26-14-8-7-13-25(26)32-31(33)23-20-30(35)34(21-23)27-15-9-11-17-29(27)36-5-2/h6-17,22-23H,4-5,18-21H2,1-3H3/t22-,23-/m1/s1. The number of aromatic nitrogens is 2. The highest BCUT2D eigenvalue weighted by molar-refractivity contribution is 5.97. The van der Waals surface area contributed by atoms with Crippen molar-refractivity contribution in [3.8, 4) is 11.5 Å². The maximum Gasteiger partial charge on any atom is 0.227 e. The van der Waals surface area contributed by atoms with Crippen molar-refractivity contribution in [1.82, 2.24) is 9.55 Å². The molecular formula is C31H35N3O3. The zero-order valence-electron chi connectivity index (χ0n) is 21.9. The number of amides is 1. The summed E-state index contributed by atoms with van der Waals surface area (Å²) in [5.41, 5.74) is 4.07. The van der Waals surface area contributed by atoms with Gasteiger partial charge in [-0.3, -0.25) is 4.79 Å². The number of fused-ring (bicyclic) bond motifs is 1. The number of ether oxygens (including phenoxy) is 2. The SMILES string of the molecule is CCOc1ccccc1N1C[C@H](c2nc3ccccc3n2CCOc2ccccc2[C@H](C)CC)CC1=O. The van der Waals surface area contributed by atoms with Crippen LogP contribution < -0.4 is 14.4 Å². The van der Waals surface area contributed by atoms with E-state index in [9.17, 15) is 4.79 Å². The minimum atomic E-state index is -0.0121. The van der Waals surface area contributed by atoms with E-state index in [2.05, 4.69) is 42.7 Å². The Kier molecular flexibility index (Phi) is 7.45. The molecule has 192 valence electrons. The fourth-order valence-corrected chi connectivity index (χ4v) is 5.20. The molecule has 5 rings (SSSR count). The van der Waals surface area contributed by atoms with E-state index in [0.717, 1.165) is 40.5 Å². The lowest BCUT2D eigenvalue weighted by molar-refractivity contribution is -0.117. The van der Waals surface area contributed by atoms with Gasteiger partial charge in [-0.1, -0.05) is 56.3 Å². The number of nitrogens with zero attached hydrogens (tertiary/aromatic N) is 3. The first-order chi connectivity index (χ1) is 18.1. The van der Waals surface area contributed by atoms with Crippen molar-refractivity contribution in [2.75, 3.05) is 24.7 Å². The molecule has 3 aromatic carbocycles. The van der Waals surface area contributed by atoms with E-state index in [1.807, 2.05) is 60.4 Å². The Labute approximate surface area is 218 Å². The van der Waals surface area contributed by atoms with Gasteiger partial charge in [0.25, 0.3) is 0 Å². The molecule has 0 spiro atoms. The summed E-state index contributed by atoms with van der Waals surface area (Å²) in [7, 11) is 0. The highest BCUT2D eigenvalue weighted by Gasteiger charge is 2.36. The van der Waals surface area contributed by atoms with Gasteiger partial charge in [0.05, 0.1) is 29.9 Å². The summed E-state index contributed by atoms with van der Waals surface area (Å²) in [4.78, 5) is 20.0. The minimum Gasteiger partial charge on any atom is -0.492 e. The summed E-state index contributed by atoms with van der Waals surface area (Å²) in [6.07, 6.45) is 1.48. The van der Waals surface area contributed by atoms with Gasteiger partial charge >= 0.3 is 0 Å². The van der Waals surface area contributed by atoms with E-state index >= 15 is 0 Å². The van der Waals surface area contributed by atoms with Gasteiger partial charge in [0.2, 0.25) is 5.91 Å². The van der Waals surface area contributed by atoms with Crippen LogP contribution in [-0.4, -0.2) is 35.2 Å². The number of imidazole rings is 1. The largest absolute Gasteiger partial charge is 0.492 e. The predicted molar refractivity (Wildman–Crippen MR) is 148 cm³/mol. The first kappa shape index (κ1) is 24.9. The first-order valence-electron chi connectivity index (χ1n) is 13.3. The molecule has 2 heterocycles. The molecule has 0 unspecified atom stereocenters. The van der Waals surface area contributed by atoms with E-state index in [0.29, 0.717) is 38.6 Å². The van der Waals surface area contributed by atoms with Crippen molar-refractivity contribution in [3.05, 3.63) is 84.2 Å². The third-order valence-corrected chi connectivity index (χ3v) is 7.26. The van der Waals surface area contributed by atoms with Crippen LogP contribution in [0.25, 0.3) is 11.0 Å². The van der Waals surface area contributed by atoms with Gasteiger partial charge < -0.3 is 18.9 Å². The number of hydrogen-bond donors (Lipinski definition) is 0. The smallest absolute Gasteiger partial charge is 0.227 e. The van der Waals surface area contributed by atoms with Crippen molar-refractivity contribution >= 4 is 22.6 Å². The third kappa shape index (κ3) is 5.06. The predicted octanol–water partition coefficient (Wildman–Crippen LogP) is 6.55. The van der Waals surface area contributed by atoms with E-state index in [1.54, 1.807) is 0 Å². The van der Waals surface area contributed by atoms with Crippen LogP contribution in [-0.2, 0) is 11.3 Å². The molecule has 1 aliphatic heterocycles. The van der Waals surface area contributed by atoms with Crippen LogP contribution in [0.15, 0.2) is 72.8 Å². The van der Waals surface area contributed by atoms with Crippen molar-refractivity contribution in [1.29, 1.82) is 0 Å². The van der Waals surface area contributed by atoms with E-state index < -0.39 is 0 Å². The lowest BCUT2D eigenvalue weighted by Gasteiger charge is -2.20. The maximum atomic E-state index is 13.2. The summed E-state index contributed by atoms with van der Waals surface area (Å²) < 4.78 is 14.4. The molecule has 1 amide bonds. The molecular weight excluding hydrogens is 462 g/mol. The summed E-state index contributed by atoms with van der Waals surface area (Å²) >= 11 is 0. The van der Waals surface area contributed by atoms with Crippen LogP contribution >= 0.6 is 0 Å². The third-order valence-electron chi connectivity index (χ3n) is 7.26. The Morgan fingerprint density at radius 3 is 2.49 bits per heavy atom. The Bertz CT molecular complexity index is 1380. The molecule has 0 N–H and O–H groups in total. The highest BCUT2D eigenvalue weighted by atomic mass is 16.5. The summed E-state index contributed by atoms with van der Waals surface area (Å²) in [6.45, 7) is 8.70. The Morgan fingerprint density at radius 2 is 1.68 bits per heavy atom. The van der Waals surface area contributed by atoms with Gasteiger partial charge in [-0.25, -0.2) is 4.98 Å². The maximum absolute atomic E-state index is 13.2. The fourth-order valence-electron chi connectivity index (χ4n) is 5.20. The average molecular weight is 498 g/mol. The average Bonchev–Trinajstić information content (AvgIpc) is 3.49. The topological polar surface area (TPSA) is 56.6 Å². The second-order valence-electron chi connectivity index (χ2n) is 9.61. The molecule has 2 atom stereocenters. The minimum absolute atomic E-state index is 0.0121. The molecule has 0 radical (unpaired) electrons. The normalized spacial score (nSPS) is 16.4. The van der Waals surface area contributed by atoms with Gasteiger partial charge in [0.15, 0.2) is 0 Å². The molecule has 4 aromatic rings. The number of hydrogen-bond acceptors (Lipinski definition) is 4. The van der Waals surface area contributed by atoms with Gasteiger partial charge in [0, 0.05) is 18.9 Å². The van der Waals surface area contributed by atoms with Crippen LogP contribution in [0.2, 0.25) is 0 Å². The Balaban J connectivity index is 1.40. The van der Waals surface area contributed by atoms with Crippen molar-refractivity contribution in [3.63, 3.8) is 0 Å². The van der Waals surface area contributed by atoms with Crippen LogP contribution in [0.1, 0.15) is 56.8 Å². The second kappa shape index (κ2) is 11.1. The molecule has 1 aliphatic rings. The number of anilines is 1. The summed E-state index contributed by atoms with van der Waals surface area (Å²) in [6, 6.07) is 24.2. The fraction of sp³-hybridized carbons (Fsp3) is 0.355. The van der Waals surface area contributed by atoms with E-state index in [1.165, 1.54) is 5.56 Å². The second-order valence-corrected chi connectivity index (χ2v) is 9.61. The monoisotopic (exact) mass is 497 g/mol. The molecule has 1 aromatic heterocycles. The molecule has 37 heavy (non-hydrogen) atoms. The summed E-state index contributed by atoms with van der Waals surface area (Å²) in [5.74, 6) is 3.13.